The average molecular weight is 383 g/mol. The number of aryl methyl sites for hydroxylation is 1. The van der Waals surface area contributed by atoms with Crippen LogP contribution in [0.4, 0.5) is 5.13 Å². The maximum atomic E-state index is 12.5. The summed E-state index contributed by atoms with van der Waals surface area (Å²) >= 11 is 1.51. The number of rotatable bonds is 8. The van der Waals surface area contributed by atoms with Gasteiger partial charge in [0, 0.05) is 5.56 Å². The monoisotopic (exact) mass is 382 g/mol. The van der Waals surface area contributed by atoms with E-state index in [2.05, 4.69) is 36.3 Å². The number of nitrogens with one attached hydrogen (secondary N) is 1. The Morgan fingerprint density at radius 3 is 2.67 bits per heavy atom. The number of carbonyl (C=O) groups is 1. The van der Waals surface area contributed by atoms with Gasteiger partial charge in [0.15, 0.2) is 5.13 Å². The molecule has 4 nitrogen and oxygen atoms in total. The maximum Gasteiger partial charge on any atom is 0.257 e. The first-order valence-electron chi connectivity index (χ1n) is 9.56. The number of thiazole rings is 1. The number of carbonyl (C=O) groups excluding carboxylic acids is 1. The minimum absolute atomic E-state index is 0.157. The topological polar surface area (TPSA) is 51.2 Å². The number of nitrogens with zero attached hydrogens (tertiary/aromatic N) is 1. The molecule has 0 unspecified atom stereocenters. The van der Waals surface area contributed by atoms with Crippen LogP contribution in [0, 0.1) is 0 Å². The van der Waals surface area contributed by atoms with Crippen LogP contribution in [0.3, 0.4) is 0 Å². The van der Waals surface area contributed by atoms with Gasteiger partial charge in [-0.2, -0.15) is 0 Å². The van der Waals surface area contributed by atoms with Crippen LogP contribution in [-0.2, 0) is 6.42 Å². The number of hydrogen-bond donors (Lipinski definition) is 1. The summed E-state index contributed by atoms with van der Waals surface area (Å²) in [6, 6.07) is 13.6. The zero-order valence-corrected chi connectivity index (χ0v) is 16.9. The van der Waals surface area contributed by atoms with Crippen LogP contribution in [-0.4, -0.2) is 17.0 Å². The van der Waals surface area contributed by atoms with Crippen molar-refractivity contribution in [2.45, 2.75) is 52.6 Å². The predicted octanol–water partition coefficient (Wildman–Crippen LogP) is 6.07. The van der Waals surface area contributed by atoms with Crippen molar-refractivity contribution in [2.24, 2.45) is 0 Å². The summed E-state index contributed by atoms with van der Waals surface area (Å²) in [5.41, 5.74) is 2.84. The normalized spacial score (nSPS) is 12.1. The molecule has 27 heavy (non-hydrogen) atoms. The molecule has 0 saturated heterocycles. The van der Waals surface area contributed by atoms with Gasteiger partial charge in [0.05, 0.1) is 16.3 Å². The predicted molar refractivity (Wildman–Crippen MR) is 113 cm³/mol. The van der Waals surface area contributed by atoms with E-state index in [1.165, 1.54) is 29.7 Å². The molecule has 0 bridgehead atoms. The molecule has 0 spiro atoms. The number of amides is 1. The quantitative estimate of drug-likeness (QED) is 0.514. The van der Waals surface area contributed by atoms with E-state index in [9.17, 15) is 4.79 Å². The summed E-state index contributed by atoms with van der Waals surface area (Å²) in [7, 11) is 0. The third kappa shape index (κ3) is 5.07. The summed E-state index contributed by atoms with van der Waals surface area (Å²) in [4.78, 5) is 17.0. The highest BCUT2D eigenvalue weighted by Crippen LogP contribution is 2.28. The molecular weight excluding hydrogens is 356 g/mol. The van der Waals surface area contributed by atoms with Crippen molar-refractivity contribution < 1.29 is 9.53 Å². The minimum atomic E-state index is -0.157. The third-order valence-electron chi connectivity index (χ3n) is 4.52. The number of benzene rings is 2. The second kappa shape index (κ2) is 9.00. The Bertz CT molecular complexity index is 902. The number of unbranched alkanes of at least 4 members (excludes halogenated alkanes) is 1. The van der Waals surface area contributed by atoms with Crippen LogP contribution < -0.4 is 10.1 Å². The van der Waals surface area contributed by atoms with Crippen molar-refractivity contribution in [2.75, 3.05) is 5.32 Å². The standard InChI is InChI=1S/C22H26N2O2S/c1-4-6-7-16-8-13-19-20(14-16)27-22(23-19)24-21(25)17-9-11-18(12-10-17)26-15(3)5-2/h8-15H,4-7H2,1-3H3,(H,23,24,25)/t15-/m0/s1. The Labute approximate surface area is 164 Å². The first-order chi connectivity index (χ1) is 13.1. The third-order valence-corrected chi connectivity index (χ3v) is 5.45. The largest absolute Gasteiger partial charge is 0.491 e. The number of aromatic nitrogens is 1. The van der Waals surface area contributed by atoms with Gasteiger partial charge in [-0.15, -0.1) is 0 Å². The molecule has 1 aromatic heterocycles. The summed E-state index contributed by atoms with van der Waals surface area (Å²) in [5.74, 6) is 0.621. The number of hydrogen-bond acceptors (Lipinski definition) is 4. The van der Waals surface area contributed by atoms with E-state index in [1.54, 1.807) is 12.1 Å². The van der Waals surface area contributed by atoms with Crippen LogP contribution in [0.15, 0.2) is 42.5 Å². The van der Waals surface area contributed by atoms with Gasteiger partial charge in [-0.3, -0.25) is 10.1 Å². The molecule has 142 valence electrons. The van der Waals surface area contributed by atoms with Crippen molar-refractivity contribution in [1.82, 2.24) is 4.98 Å². The van der Waals surface area contributed by atoms with Crippen LogP contribution >= 0.6 is 11.3 Å². The number of ether oxygens (including phenoxy) is 1. The fourth-order valence-electron chi connectivity index (χ4n) is 2.73. The molecule has 0 aliphatic rings. The lowest BCUT2D eigenvalue weighted by Gasteiger charge is -2.12. The van der Waals surface area contributed by atoms with Crippen LogP contribution in [0.5, 0.6) is 5.75 Å². The maximum absolute atomic E-state index is 12.5. The Hall–Kier alpha value is -2.40. The molecule has 0 aliphatic heterocycles. The van der Waals surface area contributed by atoms with Gasteiger partial charge in [0.25, 0.3) is 5.91 Å². The van der Waals surface area contributed by atoms with Crippen LogP contribution in [0.1, 0.15) is 56.0 Å². The molecule has 1 N–H and O–H groups in total. The molecule has 1 amide bonds. The summed E-state index contributed by atoms with van der Waals surface area (Å²) < 4.78 is 6.86. The second-order valence-corrected chi connectivity index (χ2v) is 7.77. The summed E-state index contributed by atoms with van der Waals surface area (Å²) in [5, 5.41) is 3.54. The molecule has 3 rings (SSSR count). The van der Waals surface area contributed by atoms with Crippen molar-refractivity contribution in [3.05, 3.63) is 53.6 Å². The number of fused-ring (bicyclic) bond motifs is 1. The van der Waals surface area contributed by atoms with Gasteiger partial charge in [-0.1, -0.05) is 37.7 Å². The molecule has 0 saturated carbocycles. The van der Waals surface area contributed by atoms with Crippen LogP contribution in [0.25, 0.3) is 10.2 Å². The molecule has 5 heteroatoms. The van der Waals surface area contributed by atoms with E-state index in [1.807, 2.05) is 25.1 Å². The van der Waals surface area contributed by atoms with Gasteiger partial charge >= 0.3 is 0 Å². The fourth-order valence-corrected chi connectivity index (χ4v) is 3.65. The fraction of sp³-hybridized carbons (Fsp3) is 0.364. The zero-order valence-electron chi connectivity index (χ0n) is 16.1. The van der Waals surface area contributed by atoms with E-state index < -0.39 is 0 Å². The van der Waals surface area contributed by atoms with E-state index in [0.29, 0.717) is 10.7 Å². The lowest BCUT2D eigenvalue weighted by Crippen LogP contribution is -2.12. The van der Waals surface area contributed by atoms with Gasteiger partial charge in [0.2, 0.25) is 0 Å². The highest BCUT2D eigenvalue weighted by atomic mass is 32.1. The van der Waals surface area contributed by atoms with Gasteiger partial charge in [0.1, 0.15) is 5.75 Å². The molecule has 0 fully saturated rings. The molecule has 3 aromatic rings. The lowest BCUT2D eigenvalue weighted by molar-refractivity contribution is 0.102. The Balaban J connectivity index is 1.68. The average Bonchev–Trinajstić information content (AvgIpc) is 3.08. The van der Waals surface area contributed by atoms with Crippen molar-refractivity contribution in [3.63, 3.8) is 0 Å². The highest BCUT2D eigenvalue weighted by Gasteiger charge is 2.11. The second-order valence-electron chi connectivity index (χ2n) is 6.74. The van der Waals surface area contributed by atoms with E-state index in [4.69, 9.17) is 4.74 Å². The van der Waals surface area contributed by atoms with Crippen molar-refractivity contribution in [1.29, 1.82) is 0 Å². The first kappa shape index (κ1) is 19.4. The molecule has 2 aromatic carbocycles. The SMILES string of the molecule is CCCCc1ccc2nc(NC(=O)c3ccc(O[C@@H](C)CC)cc3)sc2c1. The van der Waals surface area contributed by atoms with E-state index >= 15 is 0 Å². The first-order valence-corrected chi connectivity index (χ1v) is 10.4. The molecule has 0 radical (unpaired) electrons. The minimum Gasteiger partial charge on any atom is -0.491 e. The zero-order chi connectivity index (χ0) is 19.2. The van der Waals surface area contributed by atoms with Crippen molar-refractivity contribution >= 4 is 32.6 Å². The van der Waals surface area contributed by atoms with E-state index in [-0.39, 0.29) is 12.0 Å². The Kier molecular flexibility index (Phi) is 6.45. The summed E-state index contributed by atoms with van der Waals surface area (Å²) in [6.45, 7) is 6.31. The van der Waals surface area contributed by atoms with Gasteiger partial charge in [-0.05, 0) is 68.1 Å². The van der Waals surface area contributed by atoms with Crippen LogP contribution in [0.2, 0.25) is 0 Å². The summed E-state index contributed by atoms with van der Waals surface area (Å²) in [6.07, 6.45) is 4.56. The molecule has 0 aliphatic carbocycles. The number of anilines is 1. The van der Waals surface area contributed by atoms with E-state index in [0.717, 1.165) is 28.8 Å². The van der Waals surface area contributed by atoms with Gasteiger partial charge < -0.3 is 4.74 Å². The highest BCUT2D eigenvalue weighted by molar-refractivity contribution is 7.22. The van der Waals surface area contributed by atoms with Crippen molar-refractivity contribution in [3.8, 4) is 5.75 Å². The van der Waals surface area contributed by atoms with Gasteiger partial charge in [-0.25, -0.2) is 4.98 Å². The molecular formula is C22H26N2O2S. The Morgan fingerprint density at radius 2 is 1.96 bits per heavy atom. The lowest BCUT2D eigenvalue weighted by atomic mass is 10.1. The molecule has 1 heterocycles. The molecule has 1 atom stereocenters. The Morgan fingerprint density at radius 1 is 1.19 bits per heavy atom. The smallest absolute Gasteiger partial charge is 0.257 e.